The van der Waals surface area contributed by atoms with Crippen LogP contribution in [0.1, 0.15) is 140 Å². The molecule has 0 radical (unpaired) electrons. The molecule has 146 heavy (non-hydrogen) atoms. The number of amides is 1. The van der Waals surface area contributed by atoms with Gasteiger partial charge in [-0.05, 0) is 190 Å². The van der Waals surface area contributed by atoms with Gasteiger partial charge in [-0.1, -0.05) is 0 Å². The first-order valence-electron chi connectivity index (χ1n) is 46.6. The number of Topliss-reactive ketones (excluding diaryl/α,β-unsaturated/α-hetero) is 4. The van der Waals surface area contributed by atoms with Crippen LogP contribution >= 0.6 is 46.6 Å². The first-order valence-corrected chi connectivity index (χ1v) is 62.3. The van der Waals surface area contributed by atoms with Crippen molar-refractivity contribution in [2.45, 2.75) is 248 Å². The van der Waals surface area contributed by atoms with Gasteiger partial charge in [0.1, 0.15) is 96.3 Å². The average molecular weight is 2190 g/mol. The maximum Gasteiger partial charge on any atom is 0.471 e. The highest BCUT2D eigenvalue weighted by Crippen LogP contribution is 2.45. The maximum absolute atomic E-state index is 13.2. The molecular formula is C91H147F3N15O31P5S. The number of rotatable bonds is 41. The van der Waals surface area contributed by atoms with Gasteiger partial charge in [0, 0.05) is 86.5 Å². The number of halogens is 3. The first-order chi connectivity index (χ1) is 67.2. The Hall–Kier alpha value is -8.03. The van der Waals surface area contributed by atoms with Crippen molar-refractivity contribution in [1.29, 1.82) is 0 Å². The number of ketones is 4. The van der Waals surface area contributed by atoms with Crippen LogP contribution in [0.2, 0.25) is 0 Å². The van der Waals surface area contributed by atoms with Crippen molar-refractivity contribution in [2.24, 2.45) is 0 Å². The molecule has 5 aliphatic rings. The summed E-state index contributed by atoms with van der Waals surface area (Å²) in [6.07, 6.45) is 7.59. The maximum atomic E-state index is 13.2. The molecule has 824 valence electrons. The molecule has 46 nitrogen and oxygen atoms in total. The summed E-state index contributed by atoms with van der Waals surface area (Å²) in [7, 11) is 1.44. The van der Waals surface area contributed by atoms with Crippen molar-refractivity contribution in [1.82, 2.24) is 73.9 Å². The molecule has 55 heteroatoms. The van der Waals surface area contributed by atoms with E-state index in [1.807, 2.05) is 18.3 Å². The lowest BCUT2D eigenvalue weighted by molar-refractivity contribution is -0.188. The van der Waals surface area contributed by atoms with Crippen molar-refractivity contribution in [3.8, 4) is 0 Å². The molecule has 10 heterocycles. The number of aromatic nitrogens is 10. The van der Waals surface area contributed by atoms with Gasteiger partial charge in [0.15, 0.2) is 35.9 Å². The number of alkyl halides is 3. The molecule has 0 bridgehead atoms. The van der Waals surface area contributed by atoms with Crippen LogP contribution < -0.4 is 71.8 Å². The van der Waals surface area contributed by atoms with E-state index in [4.69, 9.17) is 45.4 Å². The number of nitrogens with one attached hydrogen (secondary N) is 9. The average Bonchev–Trinajstić information content (AvgIpc) is 1.66. The molecule has 5 aliphatic heterocycles. The molecule has 5 unspecified atom stereocenters. The van der Waals surface area contributed by atoms with E-state index in [2.05, 4.69) is 126 Å². The van der Waals surface area contributed by atoms with Gasteiger partial charge in [-0.2, -0.15) is 13.2 Å². The molecule has 10 rings (SSSR count). The Morgan fingerprint density at radius 3 is 0.877 bits per heavy atom. The zero-order valence-corrected chi connectivity index (χ0v) is 90.9. The van der Waals surface area contributed by atoms with Crippen LogP contribution in [0.4, 0.5) is 13.2 Å². The van der Waals surface area contributed by atoms with E-state index in [1.165, 1.54) is 89.5 Å². The van der Waals surface area contributed by atoms with Crippen LogP contribution in [0.15, 0.2) is 74.1 Å². The summed E-state index contributed by atoms with van der Waals surface area (Å²) in [5.41, 5.74) is -6.86. The van der Waals surface area contributed by atoms with Crippen molar-refractivity contribution in [2.75, 3.05) is 137 Å². The van der Waals surface area contributed by atoms with E-state index in [-0.39, 0.29) is 107 Å². The third kappa shape index (κ3) is 39.3. The van der Waals surface area contributed by atoms with E-state index in [1.54, 1.807) is 0 Å². The second-order valence-corrected chi connectivity index (χ2v) is 63.2. The highest BCUT2D eigenvalue weighted by Gasteiger charge is 2.51. The normalized spacial score (nSPS) is 24.8. The molecule has 5 aromatic heterocycles. The Morgan fingerprint density at radius 1 is 0.390 bits per heavy atom. The molecule has 5 saturated heterocycles. The number of carbonyl (C=O) groups is 6. The van der Waals surface area contributed by atoms with Gasteiger partial charge in [-0.25, -0.2) is 19.2 Å². The van der Waals surface area contributed by atoms with Gasteiger partial charge >= 0.3 is 40.8 Å². The molecule has 0 aromatic carbocycles. The Kier molecular flexibility index (Phi) is 47.1. The van der Waals surface area contributed by atoms with Gasteiger partial charge in [0.25, 0.3) is 27.8 Å². The number of aliphatic hydroxyl groups is 9. The summed E-state index contributed by atoms with van der Waals surface area (Å²) < 4.78 is 84.6. The van der Waals surface area contributed by atoms with Gasteiger partial charge in [0.05, 0.1) is 68.8 Å². The van der Waals surface area contributed by atoms with E-state index in [0.717, 1.165) is 44.5 Å². The number of H-pyrrole nitrogens is 5. The Balaban J connectivity index is 0.000000280. The van der Waals surface area contributed by atoms with Crippen LogP contribution in [-0.4, -0.2) is 406 Å². The summed E-state index contributed by atoms with van der Waals surface area (Å²) >= 11 is 5.20. The summed E-state index contributed by atoms with van der Waals surface area (Å²) in [5.74, 6) is -3.83. The molecule has 20 atom stereocenters. The molecule has 0 spiro atoms. The minimum absolute atomic E-state index is 0.0455. The fourth-order valence-corrected chi connectivity index (χ4v) is 20.4. The topological polar surface area (TPSA) is 658 Å². The number of aliphatic hydroxyl groups excluding tert-OH is 9. The van der Waals surface area contributed by atoms with Crippen molar-refractivity contribution in [3.05, 3.63) is 157 Å². The number of methoxy groups -OCH3 is 1. The Morgan fingerprint density at radius 2 is 0.623 bits per heavy atom. The zero-order chi connectivity index (χ0) is 111. The number of hydrogen-bond donors (Lipinski definition) is 18. The fourth-order valence-electron chi connectivity index (χ4n) is 15.4. The monoisotopic (exact) mass is 2190 g/mol. The van der Waals surface area contributed by atoms with Crippen molar-refractivity contribution in [3.63, 3.8) is 0 Å². The van der Waals surface area contributed by atoms with Gasteiger partial charge < -0.3 is 105 Å². The molecule has 5 fully saturated rings. The van der Waals surface area contributed by atoms with Crippen LogP contribution in [0.25, 0.3) is 0 Å². The lowest BCUT2D eigenvalue weighted by atomic mass is 10.1. The van der Waals surface area contributed by atoms with Crippen LogP contribution in [0, 0.1) is 4.77 Å². The van der Waals surface area contributed by atoms with Gasteiger partial charge in [-0.3, -0.25) is 100 Å². The third-order valence-electron chi connectivity index (χ3n) is 23.0. The van der Waals surface area contributed by atoms with E-state index in [0.29, 0.717) is 43.8 Å². The molecular weight excluding hydrogens is 2040 g/mol. The predicted molar refractivity (Wildman–Crippen MR) is 559 cm³/mol. The lowest BCUT2D eigenvalue weighted by Gasteiger charge is -2.26. The standard InChI is InChI=1S/C22H33F3N3O8P.C18H30N3O6P.2C17H28N3O6P.C17H28N3O5PS/c1-21(2,3)36-14(29)11-27(19(33)22(23,24)25)9-12-10-28(20(34)26-17(12)32)18-16(31)15(30)13(35-18)7-8-37(4,5)6;1-11(22)8-19-9-12-10-21(18(25)20-16(12)24)17-15(26-2)14(23)13(27-17)6-7-28(3,4)5;2*1-10(21)7-18-8-11-9-20(17(25)19-15(11)24)16-14(23)13(22)12(26-16)5-6-27(2,3)4;1-10(21)7-18-8-11-9-20(17(27)19-15(11)24)16-14(23)13(22)12(25-16)5-6-26(2,3)4/h10,13,15-16,18,30-31H,4,7-9,11H2,1-3,5-6H3,(H,26,32,34);10,13-15,17,19,23H,3,6-9H2,1-2,4-5H3,(H,20,24,25);2*9,12-14,16,18,22-23H,2,5-8H2,1,3-4H3,(H,19,24,25);9,12-14,16,18,22-23H,2,5-8H2,1,3-4H3,(H,19,24,27)/t13-,15-,16-,18?;13-,14-,15-,17?;3*12-,13-,14-,16?/m11111/s1. The Bertz CT molecular complexity index is 5950. The largest absolute Gasteiger partial charge is 0.471 e. The van der Waals surface area contributed by atoms with Gasteiger partial charge in [0.2, 0.25) is 0 Å². The SMILES string of the molecule is C=P(C)(C)CC[C@H]1OC(n2cc(CN(CC(=O)OC(C)(C)C)C(=O)C(F)(F)F)c(=O)[nH]c2=O)[C@H](O)[C@@H]1O.C=P(C)(C)CC[C@H]1OC(n2cc(CNCC(C)=O)c(=O)[nH]c2=O)[C@H](O)[C@@H]1O.C=P(C)(C)CC[C@H]1OC(n2cc(CNCC(C)=O)c(=O)[nH]c2=O)[C@H](O)[C@@H]1O.C=P(C)(C)CC[C@H]1OC(n2cc(CNCC(C)=O)c(=O)[nH]c2=O)[C@H](OC)[C@@H]1O.C=P(C)(C)CC[C@H]1OC(n2cc(CNCC(C)=O)c(=O)[nH]c2=S)[C@H](O)[C@@H]1O. The van der Waals surface area contributed by atoms with E-state index >= 15 is 0 Å². The molecule has 0 aliphatic carbocycles. The fraction of sp³-hybridized carbons (Fsp3) is 0.659. The van der Waals surface area contributed by atoms with Crippen molar-refractivity contribution >= 4 is 113 Å². The molecule has 0 saturated carbocycles. The molecule has 18 N–H and O–H groups in total. The summed E-state index contributed by atoms with van der Waals surface area (Å²) in [5, 5.41) is 105. The number of carbonyl (C=O) groups excluding carboxylic acids is 6. The van der Waals surface area contributed by atoms with Crippen LogP contribution in [0.5, 0.6) is 0 Å². The smallest absolute Gasteiger partial charge is 0.459 e. The number of nitrogens with zero attached hydrogens (tertiary/aromatic N) is 6. The molecule has 1 amide bonds. The highest BCUT2D eigenvalue weighted by molar-refractivity contribution is 7.73. The second kappa shape index (κ2) is 54.3. The third-order valence-corrected chi connectivity index (χ3v) is 30.7. The zero-order valence-electron chi connectivity index (χ0n) is 85.6. The summed E-state index contributed by atoms with van der Waals surface area (Å²) in [4.78, 5) is 189. The minimum atomic E-state index is -5.37. The Labute approximate surface area is 846 Å². The number of hydrogen-bond acceptors (Lipinski definition) is 36. The second-order valence-electron chi connectivity index (χ2n) is 41.3. The lowest BCUT2D eigenvalue weighted by Crippen LogP contribution is -2.46. The minimum Gasteiger partial charge on any atom is -0.459 e. The number of ether oxygens (including phenoxy) is 7. The number of esters is 1. The van der Waals surface area contributed by atoms with Gasteiger partial charge in [-0.15, -0.1) is 65.9 Å². The van der Waals surface area contributed by atoms with E-state index in [9.17, 15) is 131 Å². The highest BCUT2D eigenvalue weighted by atomic mass is 32.1. The van der Waals surface area contributed by atoms with Crippen LogP contribution in [-0.2, 0) is 94.6 Å². The van der Waals surface area contributed by atoms with Crippen LogP contribution in [0.3, 0.4) is 0 Å². The number of aromatic amines is 5. The summed E-state index contributed by atoms with van der Waals surface area (Å²) in [6.45, 7) is 22.7. The summed E-state index contributed by atoms with van der Waals surface area (Å²) in [6, 6.07) is 0. The van der Waals surface area contributed by atoms with E-state index < -0.39 is 244 Å². The van der Waals surface area contributed by atoms with Crippen molar-refractivity contribution < 1.29 is 121 Å². The first kappa shape index (κ1) is 127. The molecule has 5 aromatic rings. The quantitative estimate of drug-likeness (QED) is 0.0117. The predicted octanol–water partition coefficient (Wildman–Crippen LogP) is -1.75.